The average Bonchev–Trinajstić information content (AvgIpc) is 2.53. The average molecular weight is 281 g/mol. The molecule has 0 bridgehead atoms. The highest BCUT2D eigenvalue weighted by molar-refractivity contribution is 9.10. The standard InChI is InChI=1S/C11H9BrN2O2/c1-14-11(10(12)9(6-15)13-14)7-3-2-4-8(16)5-7/h2-6,16H,1H3. The van der Waals surface area contributed by atoms with Gasteiger partial charge in [0, 0.05) is 12.6 Å². The fourth-order valence-corrected chi connectivity index (χ4v) is 2.22. The number of rotatable bonds is 2. The molecule has 1 N–H and O–H groups in total. The van der Waals surface area contributed by atoms with Crippen molar-refractivity contribution >= 4 is 22.2 Å². The Kier molecular flexibility index (Phi) is 2.78. The highest BCUT2D eigenvalue weighted by Crippen LogP contribution is 2.31. The quantitative estimate of drug-likeness (QED) is 0.860. The van der Waals surface area contributed by atoms with E-state index in [1.54, 1.807) is 29.9 Å². The molecule has 0 saturated carbocycles. The van der Waals surface area contributed by atoms with E-state index in [0.717, 1.165) is 11.3 Å². The predicted octanol–water partition coefficient (Wildman–Crippen LogP) is 2.37. The summed E-state index contributed by atoms with van der Waals surface area (Å²) in [6.45, 7) is 0. The topological polar surface area (TPSA) is 55.1 Å². The van der Waals surface area contributed by atoms with E-state index in [1.165, 1.54) is 0 Å². The van der Waals surface area contributed by atoms with Gasteiger partial charge in [0.15, 0.2) is 6.29 Å². The Morgan fingerprint density at radius 1 is 1.50 bits per heavy atom. The molecule has 0 aliphatic carbocycles. The number of halogens is 1. The number of carbonyl (C=O) groups excluding carboxylic acids is 1. The van der Waals surface area contributed by atoms with Gasteiger partial charge in [-0.2, -0.15) is 5.10 Å². The number of carbonyl (C=O) groups is 1. The van der Waals surface area contributed by atoms with E-state index < -0.39 is 0 Å². The van der Waals surface area contributed by atoms with Crippen LogP contribution in [-0.2, 0) is 7.05 Å². The molecule has 0 amide bonds. The van der Waals surface area contributed by atoms with Crippen molar-refractivity contribution < 1.29 is 9.90 Å². The van der Waals surface area contributed by atoms with E-state index in [1.807, 2.05) is 6.07 Å². The summed E-state index contributed by atoms with van der Waals surface area (Å²) in [7, 11) is 1.75. The van der Waals surface area contributed by atoms with Crippen LogP contribution < -0.4 is 0 Å². The lowest BCUT2D eigenvalue weighted by Gasteiger charge is -2.03. The molecule has 0 aliphatic heterocycles. The third-order valence-corrected chi connectivity index (χ3v) is 3.03. The van der Waals surface area contributed by atoms with Crippen LogP contribution in [0, 0.1) is 0 Å². The number of aromatic nitrogens is 2. The number of benzene rings is 1. The molecule has 1 heterocycles. The maximum atomic E-state index is 10.7. The molecule has 82 valence electrons. The van der Waals surface area contributed by atoms with Gasteiger partial charge < -0.3 is 5.11 Å². The van der Waals surface area contributed by atoms with E-state index in [9.17, 15) is 9.90 Å². The van der Waals surface area contributed by atoms with Gasteiger partial charge in [0.05, 0.1) is 10.2 Å². The lowest BCUT2D eigenvalue weighted by molar-refractivity contribution is 0.111. The van der Waals surface area contributed by atoms with Gasteiger partial charge in [-0.05, 0) is 28.1 Å². The van der Waals surface area contributed by atoms with Gasteiger partial charge in [-0.15, -0.1) is 0 Å². The molecule has 1 aromatic heterocycles. The van der Waals surface area contributed by atoms with E-state index in [4.69, 9.17) is 0 Å². The summed E-state index contributed by atoms with van der Waals surface area (Å²) in [5.41, 5.74) is 1.91. The van der Waals surface area contributed by atoms with Crippen LogP contribution in [0.25, 0.3) is 11.3 Å². The highest BCUT2D eigenvalue weighted by Gasteiger charge is 2.14. The smallest absolute Gasteiger partial charge is 0.171 e. The van der Waals surface area contributed by atoms with Crippen molar-refractivity contribution in [3.8, 4) is 17.0 Å². The molecule has 4 nitrogen and oxygen atoms in total. The van der Waals surface area contributed by atoms with E-state index in [0.29, 0.717) is 16.5 Å². The normalized spacial score (nSPS) is 10.4. The lowest BCUT2D eigenvalue weighted by Crippen LogP contribution is -1.94. The van der Waals surface area contributed by atoms with Gasteiger partial charge in [-0.1, -0.05) is 12.1 Å². The maximum absolute atomic E-state index is 10.7. The number of hydrogen-bond acceptors (Lipinski definition) is 3. The van der Waals surface area contributed by atoms with Crippen LogP contribution in [0.5, 0.6) is 5.75 Å². The van der Waals surface area contributed by atoms with Crippen LogP contribution in [0.15, 0.2) is 28.7 Å². The van der Waals surface area contributed by atoms with Gasteiger partial charge in [0.25, 0.3) is 0 Å². The number of aromatic hydroxyl groups is 1. The number of aldehydes is 1. The second-order valence-corrected chi connectivity index (χ2v) is 4.13. The monoisotopic (exact) mass is 280 g/mol. The van der Waals surface area contributed by atoms with Crippen LogP contribution in [0.1, 0.15) is 10.5 Å². The minimum atomic E-state index is 0.179. The Balaban J connectivity index is 2.64. The van der Waals surface area contributed by atoms with Crippen molar-refractivity contribution in [1.29, 1.82) is 0 Å². The molecule has 2 rings (SSSR count). The molecular formula is C11H9BrN2O2. The highest BCUT2D eigenvalue weighted by atomic mass is 79.9. The maximum Gasteiger partial charge on any atom is 0.171 e. The summed E-state index contributed by atoms with van der Waals surface area (Å²) < 4.78 is 2.23. The van der Waals surface area contributed by atoms with E-state index >= 15 is 0 Å². The number of phenols is 1. The Morgan fingerprint density at radius 2 is 2.25 bits per heavy atom. The number of phenolic OH excluding ortho intramolecular Hbond substituents is 1. The first-order valence-corrected chi connectivity index (χ1v) is 5.40. The van der Waals surface area contributed by atoms with Crippen molar-refractivity contribution in [2.45, 2.75) is 0 Å². The molecule has 2 aromatic rings. The largest absolute Gasteiger partial charge is 0.508 e. The zero-order valence-corrected chi connectivity index (χ0v) is 10.1. The number of nitrogens with zero attached hydrogens (tertiary/aromatic N) is 2. The van der Waals surface area contributed by atoms with Crippen LogP contribution in [0.2, 0.25) is 0 Å². The van der Waals surface area contributed by atoms with Crippen LogP contribution >= 0.6 is 15.9 Å². The van der Waals surface area contributed by atoms with Crippen LogP contribution in [0.4, 0.5) is 0 Å². The minimum absolute atomic E-state index is 0.179. The second-order valence-electron chi connectivity index (χ2n) is 3.34. The molecule has 0 spiro atoms. The molecular weight excluding hydrogens is 272 g/mol. The van der Waals surface area contributed by atoms with Gasteiger partial charge in [0.1, 0.15) is 11.4 Å². The van der Waals surface area contributed by atoms with Crippen molar-refractivity contribution in [3.63, 3.8) is 0 Å². The fourth-order valence-electron chi connectivity index (χ4n) is 1.56. The third-order valence-electron chi connectivity index (χ3n) is 2.25. The summed E-state index contributed by atoms with van der Waals surface area (Å²) >= 11 is 3.33. The summed E-state index contributed by atoms with van der Waals surface area (Å²) in [5, 5.41) is 13.5. The molecule has 0 unspecified atom stereocenters. The molecule has 1 aromatic carbocycles. The Labute approximate surface area is 101 Å². The third kappa shape index (κ3) is 1.74. The summed E-state index contributed by atoms with van der Waals surface area (Å²) in [4.78, 5) is 10.7. The molecule has 16 heavy (non-hydrogen) atoms. The first-order chi connectivity index (χ1) is 7.63. The van der Waals surface area contributed by atoms with Crippen LogP contribution in [0.3, 0.4) is 0 Å². The number of hydrogen-bond donors (Lipinski definition) is 1. The molecule has 0 radical (unpaired) electrons. The summed E-state index contributed by atoms with van der Waals surface area (Å²) in [6.07, 6.45) is 0.691. The summed E-state index contributed by atoms with van der Waals surface area (Å²) in [6, 6.07) is 6.80. The lowest BCUT2D eigenvalue weighted by atomic mass is 10.1. The predicted molar refractivity (Wildman–Crippen MR) is 63.4 cm³/mol. The summed E-state index contributed by atoms with van der Waals surface area (Å²) in [5.74, 6) is 0.179. The number of aryl methyl sites for hydroxylation is 1. The Hall–Kier alpha value is -1.62. The minimum Gasteiger partial charge on any atom is -0.508 e. The van der Waals surface area contributed by atoms with E-state index in [2.05, 4.69) is 21.0 Å². The Morgan fingerprint density at radius 3 is 2.81 bits per heavy atom. The van der Waals surface area contributed by atoms with Gasteiger partial charge in [0.2, 0.25) is 0 Å². The van der Waals surface area contributed by atoms with Crippen molar-refractivity contribution in [3.05, 3.63) is 34.4 Å². The zero-order valence-electron chi connectivity index (χ0n) is 8.51. The second kappa shape index (κ2) is 4.09. The molecule has 0 atom stereocenters. The van der Waals surface area contributed by atoms with Gasteiger partial charge in [-0.3, -0.25) is 9.48 Å². The zero-order chi connectivity index (χ0) is 11.7. The first-order valence-electron chi connectivity index (χ1n) is 4.60. The molecule has 0 fully saturated rings. The van der Waals surface area contributed by atoms with Crippen molar-refractivity contribution in [2.75, 3.05) is 0 Å². The SMILES string of the molecule is Cn1nc(C=O)c(Br)c1-c1cccc(O)c1. The van der Waals surface area contributed by atoms with Gasteiger partial charge in [-0.25, -0.2) is 0 Å². The van der Waals surface area contributed by atoms with Crippen LogP contribution in [-0.4, -0.2) is 21.2 Å². The molecule has 0 saturated heterocycles. The van der Waals surface area contributed by atoms with Gasteiger partial charge >= 0.3 is 0 Å². The molecule has 5 heteroatoms. The molecule has 0 aliphatic rings. The Bertz CT molecular complexity index is 549. The fraction of sp³-hybridized carbons (Fsp3) is 0.0909. The van der Waals surface area contributed by atoms with Crippen molar-refractivity contribution in [2.24, 2.45) is 7.05 Å². The first kappa shape index (κ1) is 10.9. The van der Waals surface area contributed by atoms with Crippen molar-refractivity contribution in [1.82, 2.24) is 9.78 Å². The van der Waals surface area contributed by atoms with E-state index in [-0.39, 0.29) is 5.75 Å².